The molecule has 0 bridgehead atoms. The van der Waals surface area contributed by atoms with Crippen molar-refractivity contribution in [1.82, 2.24) is 74.8 Å². The molecule has 9 heterocycles. The van der Waals surface area contributed by atoms with Gasteiger partial charge in [0.05, 0.1) is 67.9 Å². The molecule has 38 heteroatoms. The second kappa shape index (κ2) is 33.7. The van der Waals surface area contributed by atoms with Gasteiger partial charge in [-0.2, -0.15) is 68.6 Å². The molecule has 0 aliphatic carbocycles. The molecule has 122 heavy (non-hydrogen) atoms. The van der Waals surface area contributed by atoms with Crippen LogP contribution in [0.25, 0.3) is 67.9 Å². The van der Waals surface area contributed by atoms with E-state index in [1.807, 2.05) is 0 Å². The number of halogens is 9. The Balaban J connectivity index is 0.974. The molecule has 6 aromatic carbocycles. The van der Waals surface area contributed by atoms with Crippen molar-refractivity contribution in [1.29, 1.82) is 0 Å². The summed E-state index contributed by atoms with van der Waals surface area (Å²) in [7, 11) is -7.08. The third kappa shape index (κ3) is 18.7. The Labute approximate surface area is 686 Å². The minimum atomic E-state index is -7.08. The lowest BCUT2D eigenvalue weighted by molar-refractivity contribution is -0.138. The number of hydrogen-bond acceptors (Lipinski definition) is 22. The maximum Gasteiger partial charge on any atom is 0.541 e. The van der Waals surface area contributed by atoms with E-state index in [9.17, 15) is 0 Å². The lowest BCUT2D eigenvalue weighted by atomic mass is 10.1. The van der Waals surface area contributed by atoms with Gasteiger partial charge in [-0.1, -0.05) is 18.2 Å². The Kier molecular flexibility index (Phi) is 22.7. The molecule has 9 aromatic heterocycles. The number of carbonyl (C=O) groups is 3. The molecule has 0 aliphatic rings. The Morgan fingerprint density at radius 2 is 0.639 bits per heavy atom. The van der Waals surface area contributed by atoms with E-state index in [0.29, 0.717) is 86.9 Å². The van der Waals surface area contributed by atoms with Gasteiger partial charge in [0.25, 0.3) is 17.7 Å². The molecule has 0 spiro atoms. The first-order valence-electron chi connectivity index (χ1n) is 36.6. The van der Waals surface area contributed by atoms with Crippen molar-refractivity contribution in [3.8, 4) is 67.9 Å². The van der Waals surface area contributed by atoms with Gasteiger partial charge in [0.2, 0.25) is 17.8 Å². The van der Waals surface area contributed by atoms with E-state index in [1.54, 1.807) is 75.4 Å². The maximum atomic E-state index is 18.0. The lowest BCUT2D eigenvalue weighted by Crippen LogP contribution is -2.38. The molecule has 0 radical (unpaired) electrons. The summed E-state index contributed by atoms with van der Waals surface area (Å²) in [6.07, 6.45) is 1.27. The zero-order valence-electron chi connectivity index (χ0n) is 64.4. The highest BCUT2D eigenvalue weighted by molar-refractivity contribution is 7.48. The van der Waals surface area contributed by atoms with Crippen LogP contribution < -0.4 is 31.1 Å². The smallest absolute Gasteiger partial charge is 0.344 e. The SMILES string of the molecule is Cc1c[nH]c(-c2cc(N(OP(=O)(ON(C(=O)c3ccc(C)c(Nc4nccc(-c5cccnc5)n4)c3)c3cc(-c4nc(C)c[nH]4)cc(C(F)(F)F)c3)ON(C(=O)c3ccc(C)c(Nc4nccc(-c5cccnc5)n4)c3)c3cc(-c4nc(C)c[nH]4)cc(C(F)(F)F)c3)C(=O)c3ccc(C)c(Nc4nccc(-c5cccnc5)n4)c3)cc(C(F)(F)F)c2)n1. The molecule has 3 amide bonds. The number of aromatic amines is 3. The summed E-state index contributed by atoms with van der Waals surface area (Å²) in [5, 5.41) is 8.88. The Hall–Kier alpha value is -15.1. The summed E-state index contributed by atoms with van der Waals surface area (Å²) >= 11 is 0. The van der Waals surface area contributed by atoms with Crippen molar-refractivity contribution in [3.05, 3.63) is 305 Å². The van der Waals surface area contributed by atoms with Crippen LogP contribution in [0.3, 0.4) is 0 Å². The number of amides is 3. The number of imidazole rings is 3. The molecule has 0 aliphatic heterocycles. The van der Waals surface area contributed by atoms with Crippen molar-refractivity contribution in [2.24, 2.45) is 0 Å². The van der Waals surface area contributed by atoms with E-state index in [0.717, 1.165) is 54.6 Å². The summed E-state index contributed by atoms with van der Waals surface area (Å²) in [6.45, 7) is 9.21. The number of hydrogen-bond donors (Lipinski definition) is 6. The Bertz CT molecular complexity index is 5910. The number of phosphoric acid groups is 1. The molecular formula is C84H63F9N21O7P. The molecule has 15 aromatic rings. The van der Waals surface area contributed by atoms with Crippen LogP contribution in [-0.4, -0.2) is 92.5 Å². The number of aryl methyl sites for hydroxylation is 6. The number of hydroxylamine groups is 3. The van der Waals surface area contributed by atoms with Crippen molar-refractivity contribution < 1.29 is 72.3 Å². The van der Waals surface area contributed by atoms with Crippen molar-refractivity contribution in [3.63, 3.8) is 0 Å². The highest BCUT2D eigenvalue weighted by atomic mass is 31.2. The number of alkyl halides is 9. The second-order valence-electron chi connectivity index (χ2n) is 27.4. The van der Waals surface area contributed by atoms with Gasteiger partial charge in [-0.3, -0.25) is 29.3 Å². The summed E-state index contributed by atoms with van der Waals surface area (Å²) < 4.78 is 181. The molecule has 6 N–H and O–H groups in total. The highest BCUT2D eigenvalue weighted by Gasteiger charge is 2.47. The number of nitrogens with zero attached hydrogens (tertiary/aromatic N) is 15. The van der Waals surface area contributed by atoms with Gasteiger partial charge in [0.15, 0.2) is 0 Å². The van der Waals surface area contributed by atoms with E-state index >= 15 is 58.5 Å². The lowest BCUT2D eigenvalue weighted by Gasteiger charge is -2.33. The number of nitrogens with one attached hydrogen (secondary N) is 6. The zero-order valence-corrected chi connectivity index (χ0v) is 65.3. The predicted molar refractivity (Wildman–Crippen MR) is 432 cm³/mol. The number of pyridine rings is 3. The topological polar surface area (TPSA) is 344 Å². The van der Waals surface area contributed by atoms with Gasteiger partial charge >= 0.3 is 26.4 Å². The van der Waals surface area contributed by atoms with Crippen LogP contribution in [-0.2, 0) is 37.0 Å². The molecule has 0 saturated carbocycles. The van der Waals surface area contributed by atoms with Gasteiger partial charge in [-0.05, 0) is 204 Å². The summed E-state index contributed by atoms with van der Waals surface area (Å²) in [5.74, 6) is -5.95. The molecule has 0 unspecified atom stereocenters. The van der Waals surface area contributed by atoms with Crippen LogP contribution in [0, 0.1) is 41.5 Å². The van der Waals surface area contributed by atoms with Gasteiger partial charge in [0.1, 0.15) is 17.5 Å². The molecular weight excluding hydrogens is 1620 g/mol. The quantitative estimate of drug-likeness (QED) is 0.0186. The zero-order chi connectivity index (χ0) is 85.9. The first kappa shape index (κ1) is 82.0. The van der Waals surface area contributed by atoms with Crippen LogP contribution in [0.5, 0.6) is 0 Å². The van der Waals surface area contributed by atoms with Gasteiger partial charge in [0, 0.05) is 141 Å². The number of anilines is 9. The van der Waals surface area contributed by atoms with E-state index in [-0.39, 0.29) is 84.7 Å². The monoisotopic (exact) mass is 1680 g/mol. The van der Waals surface area contributed by atoms with Gasteiger partial charge < -0.3 is 30.9 Å². The number of benzene rings is 6. The summed E-state index contributed by atoms with van der Waals surface area (Å²) in [5.41, 5.74) is -6.39. The van der Waals surface area contributed by atoms with Crippen LogP contribution in [0.1, 0.15) is 81.5 Å². The van der Waals surface area contributed by atoms with E-state index in [1.165, 1.54) is 113 Å². The molecule has 614 valence electrons. The fourth-order valence-electron chi connectivity index (χ4n) is 12.4. The first-order valence-corrected chi connectivity index (χ1v) is 38.1. The summed E-state index contributed by atoms with van der Waals surface area (Å²) in [4.78, 5) is 110. The normalized spacial score (nSPS) is 11.8. The van der Waals surface area contributed by atoms with E-state index < -0.39 is 111 Å². The minimum absolute atomic E-state index is 0.0257. The number of H-pyrrole nitrogens is 3. The van der Waals surface area contributed by atoms with Crippen molar-refractivity contribution >= 4 is 77.5 Å². The molecule has 0 saturated heterocycles. The molecule has 0 atom stereocenters. The van der Waals surface area contributed by atoms with Gasteiger partial charge in [-0.15, -0.1) is 0 Å². The third-order valence-electron chi connectivity index (χ3n) is 18.5. The minimum Gasteiger partial charge on any atom is -0.344 e. The van der Waals surface area contributed by atoms with Crippen LogP contribution in [0.15, 0.2) is 238 Å². The van der Waals surface area contributed by atoms with Crippen LogP contribution >= 0.6 is 7.82 Å². The first-order chi connectivity index (χ1) is 58.3. The van der Waals surface area contributed by atoms with Crippen LogP contribution in [0.4, 0.5) is 91.5 Å². The third-order valence-corrected chi connectivity index (χ3v) is 19.6. The van der Waals surface area contributed by atoms with E-state index in [4.69, 9.17) is 13.9 Å². The largest absolute Gasteiger partial charge is 0.541 e. The molecule has 15 rings (SSSR count). The fourth-order valence-corrected chi connectivity index (χ4v) is 13.6. The second-order valence-corrected chi connectivity index (χ2v) is 28.8. The average Bonchev–Trinajstić information content (AvgIpc) is 0.924. The fraction of sp³-hybridized carbons (Fsp3) is 0.107. The number of rotatable bonds is 24. The Morgan fingerprint density at radius 1 is 0.352 bits per heavy atom. The Morgan fingerprint density at radius 3 is 0.885 bits per heavy atom. The number of carbonyl (C=O) groups excluding carboxylic acids is 3. The van der Waals surface area contributed by atoms with Crippen LogP contribution in [0.2, 0.25) is 0 Å². The molecule has 28 nitrogen and oxygen atoms in total. The highest BCUT2D eigenvalue weighted by Crippen LogP contribution is 2.56. The number of aromatic nitrogens is 15. The predicted octanol–water partition coefficient (Wildman–Crippen LogP) is 19.8. The summed E-state index contributed by atoms with van der Waals surface area (Å²) in [6, 6.07) is 31.3. The van der Waals surface area contributed by atoms with E-state index in [2.05, 4.69) is 90.7 Å². The van der Waals surface area contributed by atoms with Crippen molar-refractivity contribution in [2.75, 3.05) is 31.1 Å². The van der Waals surface area contributed by atoms with Gasteiger partial charge in [-0.25, -0.2) is 49.4 Å². The van der Waals surface area contributed by atoms with Crippen molar-refractivity contribution in [2.45, 2.75) is 60.1 Å². The standard InChI is InChI=1S/C84H63F9N21O7P/c1-46-13-16-52(34-70(46)109-79-97-25-19-67(106-79)55-10-7-22-94-43-55)76(115)112(64-31-58(73-100-40-49(4)103-73)28-61(37-64)82(85,86)87)119-122(118,120-113(65-32-59(74-101-41-50(5)104-74)29-62(38-65)83(88,89)90)77(116)53-17-14-47(2)71(35-53)110-80-98-26-20-68(107-80)56-11-8-23-95-44-56)121-114(66-33-60(75-102-42-51(6)105-75)30-63(39-66)84(91,92)93)78(117)54-18-15-48(3)72(36-54)111-81-99-27-21-69(108-81)57-12-9-24-96-45-57/h7-45H,1-6H3,(H,100,103)(H,101,104)(H,102,105)(H,97,106,109)(H,98,107,110)(H,99,108,111). The molecule has 0 fully saturated rings. The average molecular weight is 1680 g/mol. The maximum absolute atomic E-state index is 18.0.